The maximum Gasteiger partial charge on any atom is 0.101 e. The van der Waals surface area contributed by atoms with E-state index in [0.717, 1.165) is 0 Å². The third kappa shape index (κ3) is 16.3. The topological polar surface area (TPSA) is 83.8 Å². The molecule has 0 aliphatic heterocycles. The second-order valence-corrected chi connectivity index (χ2v) is 25.6. The first-order valence-electron chi connectivity index (χ1n) is 20.4. The number of hydrogen-bond donors (Lipinski definition) is 3. The van der Waals surface area contributed by atoms with E-state index in [-0.39, 0.29) is 16.5 Å². The predicted octanol–water partition coefficient (Wildman–Crippen LogP) is 6.57. The van der Waals surface area contributed by atoms with Crippen LogP contribution in [0, 0.1) is 10.2 Å². The van der Waals surface area contributed by atoms with Crippen LogP contribution in [0.5, 0.6) is 0 Å². The molecule has 3 N–H and O–H groups in total. The minimum absolute atomic E-state index is 0. The Morgan fingerprint density at radius 3 is 0.452 bits per heavy atom. The van der Waals surface area contributed by atoms with Gasteiger partial charge in [-0.2, -0.15) is 0 Å². The van der Waals surface area contributed by atoms with Crippen LogP contribution in [-0.4, -0.2) is 38.6 Å². The van der Waals surface area contributed by atoms with Gasteiger partial charge in [0.15, 0.2) is 0 Å². The molecule has 8 aromatic carbocycles. The average Bonchev–Trinajstić information content (AvgIpc) is 3.31. The maximum absolute atomic E-state index is 8.83. The van der Waals surface area contributed by atoms with Crippen molar-refractivity contribution in [3.05, 3.63) is 243 Å². The van der Waals surface area contributed by atoms with Crippen molar-refractivity contribution in [3.8, 4) is 0 Å². The van der Waals surface area contributed by atoms with Crippen LogP contribution in [-0.2, 0) is 16.5 Å². The largest absolute Gasteiger partial charge is 0.101 e. The molecule has 0 radical (unpaired) electrons. The molecule has 0 heterocycles. The summed E-state index contributed by atoms with van der Waals surface area (Å²) in [5.41, 5.74) is 0. The second-order valence-electron chi connectivity index (χ2n) is 14.3. The maximum atomic E-state index is 8.83. The van der Waals surface area contributed by atoms with E-state index in [1.54, 1.807) is 0 Å². The van der Waals surface area contributed by atoms with Gasteiger partial charge in [0.05, 0.1) is 74.1 Å². The Balaban J connectivity index is 0.000000208. The molecule has 0 fully saturated rings. The minimum Gasteiger partial charge on any atom is -0.0620 e. The van der Waals surface area contributed by atoms with Crippen molar-refractivity contribution >= 4 is 74.1 Å². The molecule has 4 nitrogen and oxygen atoms in total. The zero-order chi connectivity index (χ0) is 42.5. The van der Waals surface area contributed by atoms with Gasteiger partial charge in [0.2, 0.25) is 0 Å². The normalized spacial score (nSPS) is 11.2. The van der Waals surface area contributed by atoms with Gasteiger partial charge in [0.25, 0.3) is 0 Å². The molecule has 318 valence electrons. The molecule has 10 heteroatoms. The Hall–Kier alpha value is -3.90. The Labute approximate surface area is 384 Å². The van der Waals surface area contributed by atoms with E-state index in [4.69, 9.17) is 18.6 Å². The van der Waals surface area contributed by atoms with Crippen molar-refractivity contribution in [3.63, 3.8) is 0 Å². The summed E-state index contributed by atoms with van der Waals surface area (Å²) in [6, 6.07) is 89.0. The van der Waals surface area contributed by atoms with Crippen molar-refractivity contribution < 1.29 is 45.4 Å². The van der Waals surface area contributed by atoms with Gasteiger partial charge in [-0.15, -0.1) is 0 Å². The van der Waals surface area contributed by atoms with Crippen LogP contribution in [0.3, 0.4) is 0 Å². The van der Waals surface area contributed by atoms with Gasteiger partial charge in [0.1, 0.15) is 24.6 Å². The summed E-state index contributed by atoms with van der Waals surface area (Å²) < 4.78 is 30.2. The quantitative estimate of drug-likeness (QED) is 0.0852. The van der Waals surface area contributed by atoms with Crippen LogP contribution in [0.1, 0.15) is 0 Å². The van der Waals surface area contributed by atoms with Gasteiger partial charge in [-0.25, -0.2) is 0 Å². The fraction of sp³-hybridized carbons (Fsp3) is 0.0769. The monoisotopic (exact) mass is 960 g/mol. The Morgan fingerprint density at radius 2 is 0.355 bits per heavy atom. The molecule has 0 aromatic heterocycles. The van der Waals surface area contributed by atoms with Gasteiger partial charge >= 0.3 is 45.4 Å². The van der Waals surface area contributed by atoms with Crippen LogP contribution in [0.15, 0.2) is 243 Å². The molecule has 0 amide bonds. The van der Waals surface area contributed by atoms with Crippen LogP contribution in [0.2, 0.25) is 0 Å². The predicted molar refractivity (Wildman–Crippen MR) is 268 cm³/mol. The minimum atomic E-state index is -4.19. The summed E-state index contributed by atoms with van der Waals surface area (Å²) in [6.07, 6.45) is 5.04. The fourth-order valence-electron chi connectivity index (χ4n) is 7.44. The number of benzene rings is 8. The summed E-state index contributed by atoms with van der Waals surface area (Å²) in [5, 5.41) is 12.1. The van der Waals surface area contributed by atoms with E-state index in [9.17, 15) is 0 Å². The standard InChI is InChI=1S/2C26H24P2.ClH3O4.Ni/c2*1-5-13-23(14-6-1)27(24-15-7-2-8-16-24)21-22-28(25-17-9-3-10-18-25)26-19-11-4-12-20-26;2-1(3,4)5;/h2*1-20H,21-22H2;2-4H;/q;;;+2/p+4. The molecule has 0 atom stereocenters. The summed E-state index contributed by atoms with van der Waals surface area (Å²) in [5.74, 6) is 0. The van der Waals surface area contributed by atoms with Crippen LogP contribution < -0.4 is 47.1 Å². The third-order valence-electron chi connectivity index (χ3n) is 10.2. The molecule has 0 saturated carbocycles. The molecule has 0 unspecified atom stereocenters. The van der Waals surface area contributed by atoms with Crippen molar-refractivity contribution in [2.45, 2.75) is 0 Å². The van der Waals surface area contributed by atoms with Gasteiger partial charge in [-0.05, 0) is 97.1 Å². The van der Waals surface area contributed by atoms with Crippen molar-refractivity contribution in [2.75, 3.05) is 24.6 Å². The molecule has 0 aliphatic rings. The molecule has 62 heavy (non-hydrogen) atoms. The SMILES string of the molecule is [Ni+2].[O-][Cl+](O)(O)O.c1ccc([PH+](CC[PH+](c2ccccc2)c2ccccc2)c2ccccc2)cc1.c1ccc([PH+](CC[PH+](c2ccccc2)c2ccccc2)c2ccccc2)cc1. The fourth-order valence-corrected chi connectivity index (χ4v) is 19.8. The van der Waals surface area contributed by atoms with E-state index in [2.05, 4.69) is 243 Å². The van der Waals surface area contributed by atoms with Crippen molar-refractivity contribution in [1.29, 1.82) is 0 Å². The third-order valence-corrected chi connectivity index (χ3v) is 22.5. The van der Waals surface area contributed by atoms with Gasteiger partial charge in [-0.3, -0.25) is 0 Å². The zero-order valence-electron chi connectivity index (χ0n) is 34.4. The van der Waals surface area contributed by atoms with Crippen LogP contribution >= 0.6 is 31.7 Å². The number of hydrogen-bond acceptors (Lipinski definition) is 4. The van der Waals surface area contributed by atoms with Gasteiger partial charge < -0.3 is 0 Å². The average molecular weight is 962 g/mol. The molecule has 0 bridgehead atoms. The summed E-state index contributed by atoms with van der Waals surface area (Å²) in [6.45, 7) is 0. The van der Waals surface area contributed by atoms with E-state index in [0.29, 0.717) is 0 Å². The summed E-state index contributed by atoms with van der Waals surface area (Å²) >= 11 is 0. The molecule has 8 rings (SSSR count). The van der Waals surface area contributed by atoms with Gasteiger partial charge in [0, 0.05) is 0 Å². The van der Waals surface area contributed by atoms with Crippen LogP contribution in [0.25, 0.3) is 0 Å². The van der Waals surface area contributed by atoms with E-state index in [1.807, 2.05) is 0 Å². The van der Waals surface area contributed by atoms with E-state index in [1.165, 1.54) is 67.1 Å². The Bertz CT molecular complexity index is 1880. The number of halogens is 1. The first-order chi connectivity index (χ1) is 29.8. The first-order valence-corrected chi connectivity index (χ1v) is 28.5. The molecular formula is C52H55ClNiO4P4+6. The van der Waals surface area contributed by atoms with Crippen LogP contribution in [0.4, 0.5) is 0 Å². The molecule has 0 aliphatic carbocycles. The molecular weight excluding hydrogens is 907 g/mol. The molecule has 0 spiro atoms. The molecule has 8 aromatic rings. The first kappa shape index (κ1) is 49.1. The van der Waals surface area contributed by atoms with E-state index >= 15 is 0 Å². The van der Waals surface area contributed by atoms with Crippen molar-refractivity contribution in [1.82, 2.24) is 0 Å². The van der Waals surface area contributed by atoms with Gasteiger partial charge in [-0.1, -0.05) is 146 Å². The Morgan fingerprint density at radius 1 is 0.258 bits per heavy atom. The van der Waals surface area contributed by atoms with Crippen molar-refractivity contribution in [2.24, 2.45) is 0 Å². The Kier molecular flexibility index (Phi) is 21.1. The number of rotatable bonds is 14. The summed E-state index contributed by atoms with van der Waals surface area (Å²) in [4.78, 5) is 0. The second kappa shape index (κ2) is 26.7. The smallest absolute Gasteiger partial charge is 0.0620 e. The zero-order valence-corrected chi connectivity index (χ0v) is 40.1. The van der Waals surface area contributed by atoms with E-state index < -0.39 is 41.9 Å². The summed E-state index contributed by atoms with van der Waals surface area (Å²) in [7, 11) is -7.33. The molecule has 0 saturated heterocycles.